The van der Waals surface area contributed by atoms with Gasteiger partial charge in [0.15, 0.2) is 0 Å². The van der Waals surface area contributed by atoms with Crippen LogP contribution in [0.1, 0.15) is 0 Å². The molecule has 0 aliphatic rings. The Morgan fingerprint density at radius 1 is 1.62 bits per heavy atom. The van der Waals surface area contributed by atoms with Crippen molar-refractivity contribution in [1.82, 2.24) is 5.32 Å². The van der Waals surface area contributed by atoms with Gasteiger partial charge in [-0.15, -0.1) is 0 Å². The van der Waals surface area contributed by atoms with E-state index in [-0.39, 0.29) is 0 Å². The Kier molecular flexibility index (Phi) is 5.87. The van der Waals surface area contributed by atoms with Crippen molar-refractivity contribution in [3.05, 3.63) is 12.2 Å². The second-order valence-electron chi connectivity index (χ2n) is 1.39. The van der Waals surface area contributed by atoms with E-state index < -0.39 is 0 Å². The molecule has 0 aromatic heterocycles. The minimum atomic E-state index is 0.909. The van der Waals surface area contributed by atoms with Crippen molar-refractivity contribution in [2.75, 3.05) is 20.6 Å². The van der Waals surface area contributed by atoms with E-state index in [1.807, 2.05) is 19.2 Å². The molecule has 0 saturated heterocycles. The first-order chi connectivity index (χ1) is 3.91. The molecule has 0 saturated carbocycles. The van der Waals surface area contributed by atoms with Crippen molar-refractivity contribution >= 4 is 6.21 Å². The summed E-state index contributed by atoms with van der Waals surface area (Å²) in [5, 5.41) is 2.98. The molecule has 0 atom stereocenters. The van der Waals surface area contributed by atoms with Crippen molar-refractivity contribution in [3.63, 3.8) is 0 Å². The van der Waals surface area contributed by atoms with Crippen molar-refractivity contribution < 1.29 is 0 Å². The smallest absolute Gasteiger partial charge is 0.0277 e. The van der Waals surface area contributed by atoms with Crippen LogP contribution < -0.4 is 5.32 Å². The van der Waals surface area contributed by atoms with Gasteiger partial charge >= 0.3 is 0 Å². The number of rotatable bonds is 3. The van der Waals surface area contributed by atoms with Crippen molar-refractivity contribution in [1.29, 1.82) is 0 Å². The van der Waals surface area contributed by atoms with Crippen LogP contribution in [-0.4, -0.2) is 26.9 Å². The second kappa shape index (κ2) is 6.37. The maximum atomic E-state index is 3.77. The normalized spacial score (nSPS) is 11.8. The van der Waals surface area contributed by atoms with Gasteiger partial charge in [-0.3, -0.25) is 4.99 Å². The molecule has 0 aliphatic heterocycles. The topological polar surface area (TPSA) is 24.4 Å². The third-order valence-corrected chi connectivity index (χ3v) is 0.693. The molecule has 0 rings (SSSR count). The van der Waals surface area contributed by atoms with Crippen molar-refractivity contribution in [3.8, 4) is 0 Å². The maximum absolute atomic E-state index is 3.77. The van der Waals surface area contributed by atoms with Crippen LogP contribution in [0.15, 0.2) is 17.1 Å². The molecule has 0 unspecified atom stereocenters. The molecule has 0 spiro atoms. The first kappa shape index (κ1) is 7.37. The largest absolute Gasteiger partial charge is 0.316 e. The Morgan fingerprint density at radius 3 is 2.88 bits per heavy atom. The summed E-state index contributed by atoms with van der Waals surface area (Å²) < 4.78 is 0. The number of nitrogens with zero attached hydrogens (tertiary/aromatic N) is 1. The van der Waals surface area contributed by atoms with Gasteiger partial charge in [-0.25, -0.2) is 0 Å². The second-order valence-corrected chi connectivity index (χ2v) is 1.39. The lowest BCUT2D eigenvalue weighted by molar-refractivity contribution is 0.920. The molecule has 8 heavy (non-hydrogen) atoms. The van der Waals surface area contributed by atoms with E-state index in [4.69, 9.17) is 0 Å². The molecule has 1 N–H and O–H groups in total. The van der Waals surface area contributed by atoms with Crippen LogP contribution in [0, 0.1) is 0 Å². The number of likely N-dealkylation sites (N-methyl/N-ethyl adjacent to an activating group) is 1. The van der Waals surface area contributed by atoms with Crippen molar-refractivity contribution in [2.45, 2.75) is 0 Å². The lowest BCUT2D eigenvalue weighted by Gasteiger charge is -1.82. The van der Waals surface area contributed by atoms with E-state index in [2.05, 4.69) is 10.3 Å². The predicted octanol–water partition coefficient (Wildman–Crippen LogP) is 0.463. The predicted molar refractivity (Wildman–Crippen MR) is 37.5 cm³/mol. The van der Waals surface area contributed by atoms with Gasteiger partial charge in [0.2, 0.25) is 0 Å². The number of hydrogen-bond acceptors (Lipinski definition) is 2. The van der Waals surface area contributed by atoms with Crippen LogP contribution >= 0.6 is 0 Å². The standard InChI is InChI=1S/C6H12N2/c1-7-5-3-4-6-8-2/h3-5,8H,6H2,1-2H3/b4-3-,7-5?. The Bertz CT molecular complexity index is 84.5. The summed E-state index contributed by atoms with van der Waals surface area (Å²) in [6.07, 6.45) is 5.68. The van der Waals surface area contributed by atoms with E-state index in [0.717, 1.165) is 6.54 Å². The van der Waals surface area contributed by atoms with E-state index in [9.17, 15) is 0 Å². The molecular formula is C6H12N2. The first-order valence-electron chi connectivity index (χ1n) is 2.63. The quantitative estimate of drug-likeness (QED) is 0.527. The van der Waals surface area contributed by atoms with Crippen LogP contribution in [0.25, 0.3) is 0 Å². The molecule has 0 bridgehead atoms. The van der Waals surface area contributed by atoms with Gasteiger partial charge in [0.1, 0.15) is 0 Å². The highest BCUT2D eigenvalue weighted by Gasteiger charge is 1.64. The van der Waals surface area contributed by atoms with Gasteiger partial charge in [0, 0.05) is 19.8 Å². The summed E-state index contributed by atoms with van der Waals surface area (Å²) in [5.41, 5.74) is 0. The van der Waals surface area contributed by atoms with Gasteiger partial charge in [0.25, 0.3) is 0 Å². The molecule has 2 nitrogen and oxygen atoms in total. The summed E-state index contributed by atoms with van der Waals surface area (Å²) in [5.74, 6) is 0. The molecule has 0 aromatic carbocycles. The zero-order chi connectivity index (χ0) is 6.24. The van der Waals surface area contributed by atoms with Gasteiger partial charge in [-0.1, -0.05) is 6.08 Å². The summed E-state index contributed by atoms with van der Waals surface area (Å²) in [7, 11) is 3.66. The fourth-order valence-corrected chi connectivity index (χ4v) is 0.333. The molecule has 0 amide bonds. The Labute approximate surface area is 50.3 Å². The van der Waals surface area contributed by atoms with Gasteiger partial charge < -0.3 is 5.32 Å². The molecule has 0 radical (unpaired) electrons. The average Bonchev–Trinajstić information content (AvgIpc) is 1.81. The number of aliphatic imine (C=N–C) groups is 1. The van der Waals surface area contributed by atoms with Gasteiger partial charge in [0.05, 0.1) is 0 Å². The molecule has 0 heterocycles. The molecule has 0 fully saturated rings. The van der Waals surface area contributed by atoms with E-state index in [1.54, 1.807) is 13.3 Å². The Hall–Kier alpha value is -0.630. The Balaban J connectivity index is 3.07. The number of allylic oxidation sites excluding steroid dienone is 1. The number of nitrogens with one attached hydrogen (secondary N) is 1. The molecule has 2 heteroatoms. The van der Waals surface area contributed by atoms with Gasteiger partial charge in [-0.05, 0) is 13.1 Å². The van der Waals surface area contributed by atoms with Gasteiger partial charge in [-0.2, -0.15) is 0 Å². The minimum absolute atomic E-state index is 0.909. The van der Waals surface area contributed by atoms with E-state index >= 15 is 0 Å². The minimum Gasteiger partial charge on any atom is -0.316 e. The molecule has 0 aromatic rings. The summed E-state index contributed by atoms with van der Waals surface area (Å²) in [4.78, 5) is 3.77. The third-order valence-electron chi connectivity index (χ3n) is 0.693. The highest BCUT2D eigenvalue weighted by molar-refractivity contribution is 5.70. The highest BCUT2D eigenvalue weighted by Crippen LogP contribution is 1.63. The summed E-state index contributed by atoms with van der Waals surface area (Å²) in [6.45, 7) is 0.909. The van der Waals surface area contributed by atoms with Crippen LogP contribution in [0.4, 0.5) is 0 Å². The lowest BCUT2D eigenvalue weighted by atomic mass is 10.5. The third kappa shape index (κ3) is 5.37. The van der Waals surface area contributed by atoms with E-state index in [1.165, 1.54) is 0 Å². The number of hydrogen-bond donors (Lipinski definition) is 1. The molecule has 46 valence electrons. The zero-order valence-electron chi connectivity index (χ0n) is 5.39. The van der Waals surface area contributed by atoms with Crippen molar-refractivity contribution in [2.24, 2.45) is 4.99 Å². The van der Waals surface area contributed by atoms with Crippen LogP contribution in [0.3, 0.4) is 0 Å². The van der Waals surface area contributed by atoms with Crippen LogP contribution in [0.5, 0.6) is 0 Å². The maximum Gasteiger partial charge on any atom is 0.0277 e. The van der Waals surface area contributed by atoms with Crippen LogP contribution in [-0.2, 0) is 0 Å². The fraction of sp³-hybridized carbons (Fsp3) is 0.500. The lowest BCUT2D eigenvalue weighted by Crippen LogP contribution is -2.03. The first-order valence-corrected chi connectivity index (χ1v) is 2.63. The SMILES string of the molecule is CN=C/C=C\CNC. The highest BCUT2D eigenvalue weighted by atomic mass is 14.8. The van der Waals surface area contributed by atoms with E-state index in [0.29, 0.717) is 0 Å². The average molecular weight is 112 g/mol. The zero-order valence-corrected chi connectivity index (χ0v) is 5.39. The fourth-order valence-electron chi connectivity index (χ4n) is 0.333. The Morgan fingerprint density at radius 2 is 2.38 bits per heavy atom. The molecular weight excluding hydrogens is 100 g/mol. The summed E-state index contributed by atoms with van der Waals surface area (Å²) >= 11 is 0. The monoisotopic (exact) mass is 112 g/mol. The molecule has 0 aliphatic carbocycles. The van der Waals surface area contributed by atoms with Crippen LogP contribution in [0.2, 0.25) is 0 Å². The summed E-state index contributed by atoms with van der Waals surface area (Å²) in [6, 6.07) is 0.